The molecule has 2 aliphatic heterocycles. The summed E-state index contributed by atoms with van der Waals surface area (Å²) in [4.78, 5) is 5.19. The molecule has 0 aromatic heterocycles. The molecule has 11 rings (SSSR count). The number of fused-ring (bicyclic) bond motifs is 4. The number of hydrogen-bond donors (Lipinski definition) is 0. The topological polar surface area (TPSA) is 6.48 Å². The molecule has 9 aromatic carbocycles. The van der Waals surface area contributed by atoms with Crippen molar-refractivity contribution in [2.75, 3.05) is 9.80 Å². The highest BCUT2D eigenvalue weighted by Crippen LogP contribution is 2.51. The fraction of sp³-hybridized carbons (Fsp3) is 0.182. The Morgan fingerprint density at radius 2 is 0.690 bits per heavy atom. The summed E-state index contributed by atoms with van der Waals surface area (Å²) in [5, 5.41) is 0. The third-order valence-corrected chi connectivity index (χ3v) is 15.6. The summed E-state index contributed by atoms with van der Waals surface area (Å²) in [5.74, 6) is 0. The molecule has 0 aliphatic carbocycles. The normalized spacial score (nSPS) is 13.2. The van der Waals surface area contributed by atoms with E-state index in [4.69, 9.17) is 0 Å². The maximum absolute atomic E-state index is 3.99. The third kappa shape index (κ3) is 8.59. The van der Waals surface area contributed by atoms with Crippen molar-refractivity contribution in [1.82, 2.24) is 0 Å². The van der Waals surface area contributed by atoms with E-state index in [2.05, 4.69) is 298 Å². The fourth-order valence-electron chi connectivity index (χ4n) is 10.7. The zero-order valence-electron chi connectivity index (χ0n) is 42.2. The second kappa shape index (κ2) is 17.7. The highest BCUT2D eigenvalue weighted by Gasteiger charge is 2.45. The zero-order valence-corrected chi connectivity index (χ0v) is 45.4. The Morgan fingerprint density at radius 3 is 1.08 bits per heavy atom. The van der Waals surface area contributed by atoms with E-state index in [0.29, 0.717) is 0 Å². The predicted molar refractivity (Wildman–Crippen MR) is 314 cm³/mol. The SMILES string of the molecule is CC(C)(C)c1ccc(N2c3cc(Br)ccc3B3c4ccc(Br)cc4N(c4ccc(C(C)(C)C)cc4-c4cccc(-c5ccccc5)c4)c4cc(C(C)(C)C)cc2c43)c(-c2cccc(-c3ccccc3)c2)c1. The van der Waals surface area contributed by atoms with E-state index in [-0.39, 0.29) is 23.0 Å². The van der Waals surface area contributed by atoms with Crippen LogP contribution >= 0.6 is 31.9 Å². The van der Waals surface area contributed by atoms with Gasteiger partial charge in [0.1, 0.15) is 0 Å². The van der Waals surface area contributed by atoms with Crippen LogP contribution in [0.25, 0.3) is 44.5 Å². The molecular weight excluding hydrogens is 991 g/mol. The molecule has 0 fully saturated rings. The zero-order chi connectivity index (χ0) is 49.6. The Labute approximate surface area is 438 Å². The molecule has 0 atom stereocenters. The van der Waals surface area contributed by atoms with Gasteiger partial charge >= 0.3 is 0 Å². The van der Waals surface area contributed by atoms with Crippen LogP contribution in [0.3, 0.4) is 0 Å². The third-order valence-electron chi connectivity index (χ3n) is 14.6. The lowest BCUT2D eigenvalue weighted by atomic mass is 9.33. The van der Waals surface area contributed by atoms with Gasteiger partial charge in [-0.05, 0) is 156 Å². The van der Waals surface area contributed by atoms with Crippen molar-refractivity contribution in [2.45, 2.75) is 78.6 Å². The maximum atomic E-state index is 3.99. The van der Waals surface area contributed by atoms with E-state index in [9.17, 15) is 0 Å². The van der Waals surface area contributed by atoms with Gasteiger partial charge in [-0.25, -0.2) is 0 Å². The van der Waals surface area contributed by atoms with Gasteiger partial charge in [-0.3, -0.25) is 0 Å². The van der Waals surface area contributed by atoms with Crippen molar-refractivity contribution in [3.8, 4) is 44.5 Å². The van der Waals surface area contributed by atoms with Crippen molar-refractivity contribution in [3.63, 3.8) is 0 Å². The highest BCUT2D eigenvalue weighted by atomic mass is 79.9. The minimum Gasteiger partial charge on any atom is -0.311 e. The molecule has 9 aromatic rings. The number of halogens is 2. The maximum Gasteiger partial charge on any atom is 0.252 e. The van der Waals surface area contributed by atoms with Crippen LogP contribution in [-0.2, 0) is 16.2 Å². The highest BCUT2D eigenvalue weighted by molar-refractivity contribution is 9.10. The van der Waals surface area contributed by atoms with Crippen LogP contribution in [0.15, 0.2) is 203 Å². The Hall–Kier alpha value is -6.40. The van der Waals surface area contributed by atoms with Crippen LogP contribution in [-0.4, -0.2) is 6.71 Å². The molecule has 5 heteroatoms. The summed E-state index contributed by atoms with van der Waals surface area (Å²) < 4.78 is 2.09. The predicted octanol–water partition coefficient (Wildman–Crippen LogP) is 17.9. The average molecular weight is 1050 g/mol. The fourth-order valence-corrected chi connectivity index (χ4v) is 11.4. The quantitative estimate of drug-likeness (QED) is 0.153. The van der Waals surface area contributed by atoms with Gasteiger partial charge in [-0.15, -0.1) is 0 Å². The Kier molecular flexibility index (Phi) is 11.7. The number of benzene rings is 9. The van der Waals surface area contributed by atoms with Gasteiger partial charge in [0.2, 0.25) is 0 Å². The summed E-state index contributed by atoms with van der Waals surface area (Å²) in [6, 6.07) is 73.0. The van der Waals surface area contributed by atoms with E-state index >= 15 is 0 Å². The molecule has 0 saturated carbocycles. The summed E-state index contributed by atoms with van der Waals surface area (Å²) in [6.45, 7) is 20.9. The van der Waals surface area contributed by atoms with Crippen molar-refractivity contribution in [1.29, 1.82) is 0 Å². The minimum absolute atomic E-state index is 0.0369. The first-order valence-electron chi connectivity index (χ1n) is 24.9. The van der Waals surface area contributed by atoms with Gasteiger partial charge in [-0.1, -0.05) is 216 Å². The molecule has 0 N–H and O–H groups in total. The molecule has 0 radical (unpaired) electrons. The monoisotopic (exact) mass is 1050 g/mol. The van der Waals surface area contributed by atoms with Gasteiger partial charge in [-0.2, -0.15) is 0 Å². The second-order valence-electron chi connectivity index (χ2n) is 22.5. The lowest BCUT2D eigenvalue weighted by Gasteiger charge is -2.46. The largest absolute Gasteiger partial charge is 0.311 e. The molecule has 2 heterocycles. The van der Waals surface area contributed by atoms with E-state index in [1.54, 1.807) is 0 Å². The van der Waals surface area contributed by atoms with Crippen molar-refractivity contribution in [2.24, 2.45) is 0 Å². The first-order chi connectivity index (χ1) is 33.9. The van der Waals surface area contributed by atoms with Crippen LogP contribution in [0.4, 0.5) is 34.1 Å². The van der Waals surface area contributed by atoms with Gasteiger partial charge < -0.3 is 9.80 Å². The van der Waals surface area contributed by atoms with Gasteiger partial charge in [0, 0.05) is 42.8 Å². The molecule has 71 heavy (non-hydrogen) atoms. The Morgan fingerprint density at radius 1 is 0.310 bits per heavy atom. The molecule has 350 valence electrons. The first kappa shape index (κ1) is 47.0. The molecule has 0 unspecified atom stereocenters. The van der Waals surface area contributed by atoms with Crippen LogP contribution in [0.1, 0.15) is 79.0 Å². The standard InChI is InChI=1S/C66H59BBr2N2/c1-64(2,3)48-26-32-57(53(36-48)46-24-16-22-44(34-46)42-18-12-10-13-19-42)70-59-40-51(68)28-30-55(59)67-56-31-29-52(69)41-60(56)71(62-39-50(66(7,8)9)38-61(70)63(62)67)58-33-27-49(65(4,5)6)37-54(58)47-25-17-23-45(35-47)43-20-14-11-15-21-43/h10-41H,1-9H3. The van der Waals surface area contributed by atoms with Gasteiger partial charge in [0.25, 0.3) is 6.71 Å². The minimum atomic E-state index is -0.181. The molecule has 2 nitrogen and oxygen atoms in total. The van der Waals surface area contributed by atoms with Crippen molar-refractivity contribution < 1.29 is 0 Å². The number of nitrogens with zero attached hydrogens (tertiary/aromatic N) is 2. The average Bonchev–Trinajstić information content (AvgIpc) is 3.35. The summed E-state index contributed by atoms with van der Waals surface area (Å²) in [5.41, 5.74) is 24.0. The number of anilines is 6. The molecule has 0 spiro atoms. The Bertz CT molecular complexity index is 3300. The van der Waals surface area contributed by atoms with Crippen LogP contribution in [0.5, 0.6) is 0 Å². The van der Waals surface area contributed by atoms with Crippen molar-refractivity contribution in [3.05, 3.63) is 220 Å². The van der Waals surface area contributed by atoms with E-state index < -0.39 is 0 Å². The summed E-state index contributed by atoms with van der Waals surface area (Å²) in [6.07, 6.45) is 0. The lowest BCUT2D eigenvalue weighted by Crippen LogP contribution is -2.61. The van der Waals surface area contributed by atoms with Gasteiger partial charge in [0.05, 0.1) is 11.4 Å². The van der Waals surface area contributed by atoms with E-state index in [0.717, 1.165) is 20.3 Å². The van der Waals surface area contributed by atoms with Gasteiger partial charge in [0.15, 0.2) is 0 Å². The number of rotatable bonds is 6. The summed E-state index contributed by atoms with van der Waals surface area (Å²) in [7, 11) is 0. The summed E-state index contributed by atoms with van der Waals surface area (Å²) >= 11 is 7.99. The molecule has 0 amide bonds. The van der Waals surface area contributed by atoms with Crippen molar-refractivity contribution >= 4 is 89.1 Å². The van der Waals surface area contributed by atoms with Crippen LogP contribution < -0.4 is 26.2 Å². The van der Waals surface area contributed by atoms with Crippen LogP contribution in [0.2, 0.25) is 0 Å². The molecular formula is C66H59BBr2N2. The van der Waals surface area contributed by atoms with Crippen LogP contribution in [0, 0.1) is 0 Å². The number of hydrogen-bond acceptors (Lipinski definition) is 2. The molecule has 2 aliphatic rings. The first-order valence-corrected chi connectivity index (χ1v) is 26.5. The second-order valence-corrected chi connectivity index (χ2v) is 24.4. The smallest absolute Gasteiger partial charge is 0.252 e. The molecule has 0 saturated heterocycles. The van der Waals surface area contributed by atoms with E-state index in [1.165, 1.54) is 100 Å². The Balaban J connectivity index is 1.23. The lowest BCUT2D eigenvalue weighted by molar-refractivity contribution is 0.590. The molecule has 0 bridgehead atoms. The van der Waals surface area contributed by atoms with E-state index in [1.807, 2.05) is 0 Å².